The lowest BCUT2D eigenvalue weighted by atomic mass is 10.0. The van der Waals surface area contributed by atoms with E-state index in [-0.39, 0.29) is 43.3 Å². The summed E-state index contributed by atoms with van der Waals surface area (Å²) < 4.78 is 10.6. The SMILES string of the molecule is N#Cc1ccc(-c2c3ccc([nH]3)c(-c3c(Cl)cc(OC(=O)CCl)cc3Cl)c3nc(c4ccc([nH]4)c(-c4c(Cl)cc(OC(=O)CCl)cc4Cl)c4ccc2[nH]4)C=C3)cc1. The van der Waals surface area contributed by atoms with E-state index < -0.39 is 11.9 Å². The van der Waals surface area contributed by atoms with E-state index in [1.54, 1.807) is 12.1 Å². The Kier molecular flexibility index (Phi) is 10.7. The number of esters is 2. The van der Waals surface area contributed by atoms with E-state index in [1.165, 1.54) is 24.3 Å². The number of nitrogens with zero attached hydrogens (tertiary/aromatic N) is 2. The van der Waals surface area contributed by atoms with Gasteiger partial charge in [0, 0.05) is 79.7 Å². The van der Waals surface area contributed by atoms with Crippen LogP contribution in [-0.2, 0) is 9.59 Å². The summed E-state index contributed by atoms with van der Waals surface area (Å²) in [5.74, 6) is -1.74. The van der Waals surface area contributed by atoms with E-state index in [1.807, 2.05) is 60.7 Å². The Labute approximate surface area is 353 Å². The van der Waals surface area contributed by atoms with Crippen LogP contribution in [-0.4, -0.2) is 43.6 Å². The average Bonchev–Trinajstić information content (AvgIpc) is 4.03. The van der Waals surface area contributed by atoms with Crippen molar-refractivity contribution in [2.45, 2.75) is 0 Å². The number of carbonyl (C=O) groups is 2. The van der Waals surface area contributed by atoms with Gasteiger partial charge in [0.15, 0.2) is 0 Å². The molecule has 3 N–H and O–H groups in total. The third-order valence-electron chi connectivity index (χ3n) is 9.09. The van der Waals surface area contributed by atoms with Crippen molar-refractivity contribution >= 4 is 127 Å². The summed E-state index contributed by atoms with van der Waals surface area (Å²) in [4.78, 5) is 39.7. The van der Waals surface area contributed by atoms with Crippen LogP contribution in [0.1, 0.15) is 17.0 Å². The molecule has 0 saturated carbocycles. The van der Waals surface area contributed by atoms with E-state index in [2.05, 4.69) is 21.0 Å². The smallest absolute Gasteiger partial charge is 0.326 e. The van der Waals surface area contributed by atoms with Crippen LogP contribution in [0.3, 0.4) is 0 Å². The van der Waals surface area contributed by atoms with Crippen molar-refractivity contribution in [3.05, 3.63) is 122 Å². The number of rotatable bonds is 7. The summed E-state index contributed by atoms with van der Waals surface area (Å²) in [6, 6.07) is 26.8. The zero-order chi connectivity index (χ0) is 40.0. The summed E-state index contributed by atoms with van der Waals surface area (Å²) in [6.07, 6.45) is 3.71. The van der Waals surface area contributed by atoms with Crippen molar-refractivity contribution in [2.75, 3.05) is 11.8 Å². The van der Waals surface area contributed by atoms with Gasteiger partial charge in [-0.2, -0.15) is 5.26 Å². The molecule has 57 heavy (non-hydrogen) atoms. The van der Waals surface area contributed by atoms with Gasteiger partial charge < -0.3 is 24.4 Å². The standard InChI is InChI=1S/C42H23Cl6N5O4/c43-17-36(54)56-22-13-24(45)39(25(46)14-22)41-32-7-5-28(50-32)29-6-8-33(51-29)42(40-26(47)15-23(16-27(40)48)57-37(55)18-44)35-12-10-31(53-35)38(30-9-11-34(41)52-30)21-3-1-20(19-49)2-4-21/h1-16,50,52-53H,17-18H2. The number of aromatic amines is 3. The molecule has 4 aromatic heterocycles. The Balaban J connectivity index is 1.48. The van der Waals surface area contributed by atoms with E-state index in [0.717, 1.165) is 11.1 Å². The number of nitrogens with one attached hydrogen (secondary N) is 3. The molecule has 15 heteroatoms. The van der Waals surface area contributed by atoms with Gasteiger partial charge in [-0.25, -0.2) is 4.98 Å². The molecule has 0 atom stereocenters. The van der Waals surface area contributed by atoms with Crippen molar-refractivity contribution in [1.82, 2.24) is 19.9 Å². The van der Waals surface area contributed by atoms with Crippen molar-refractivity contribution < 1.29 is 19.1 Å². The minimum atomic E-state index is -0.659. The van der Waals surface area contributed by atoms with Gasteiger partial charge in [0.1, 0.15) is 23.3 Å². The molecule has 0 spiro atoms. The molecule has 8 rings (SSSR count). The number of H-pyrrole nitrogens is 3. The fourth-order valence-corrected chi connectivity index (χ4v) is 8.13. The first-order valence-corrected chi connectivity index (χ1v) is 19.5. The van der Waals surface area contributed by atoms with Crippen molar-refractivity contribution in [3.8, 4) is 50.9 Å². The number of nitriles is 1. The minimum absolute atomic E-state index is 0.136. The lowest BCUT2D eigenvalue weighted by molar-refractivity contribution is -0.132. The summed E-state index contributed by atoms with van der Waals surface area (Å²) in [7, 11) is 0. The highest BCUT2D eigenvalue weighted by molar-refractivity contribution is 6.41. The van der Waals surface area contributed by atoms with Gasteiger partial charge in [-0.15, -0.1) is 23.2 Å². The predicted octanol–water partition coefficient (Wildman–Crippen LogP) is 12.5. The van der Waals surface area contributed by atoms with Crippen molar-refractivity contribution in [1.29, 1.82) is 5.26 Å². The number of hydrogen-bond donors (Lipinski definition) is 3. The number of fused-ring (bicyclic) bond motifs is 9. The highest BCUT2D eigenvalue weighted by Crippen LogP contribution is 2.44. The van der Waals surface area contributed by atoms with Crippen LogP contribution in [0.15, 0.2) is 84.9 Å². The molecule has 5 heterocycles. The molecule has 3 aromatic carbocycles. The molecule has 8 bridgehead atoms. The minimum Gasteiger partial charge on any atom is -0.426 e. The predicted molar refractivity (Wildman–Crippen MR) is 229 cm³/mol. The molecular weight excluding hydrogens is 851 g/mol. The van der Waals surface area contributed by atoms with Crippen molar-refractivity contribution in [3.63, 3.8) is 0 Å². The fraction of sp³-hybridized carbons (Fsp3) is 0.0476. The molecule has 0 radical (unpaired) electrons. The molecule has 0 saturated heterocycles. The van der Waals surface area contributed by atoms with Gasteiger partial charge in [0.25, 0.3) is 0 Å². The van der Waals surface area contributed by atoms with Gasteiger partial charge in [0.05, 0.1) is 48.6 Å². The number of halogens is 6. The zero-order valence-electron chi connectivity index (χ0n) is 28.9. The monoisotopic (exact) mass is 871 g/mol. The number of hydrogen-bond acceptors (Lipinski definition) is 6. The summed E-state index contributed by atoms with van der Waals surface area (Å²) >= 11 is 39.1. The maximum atomic E-state index is 12.0. The highest BCUT2D eigenvalue weighted by atomic mass is 35.5. The quantitative estimate of drug-likeness (QED) is 0.0828. The molecule has 1 aliphatic heterocycles. The Morgan fingerprint density at radius 3 is 1.42 bits per heavy atom. The van der Waals surface area contributed by atoms with Crippen LogP contribution >= 0.6 is 69.6 Å². The second-order valence-electron chi connectivity index (χ2n) is 12.6. The number of ether oxygens (including phenoxy) is 2. The van der Waals surface area contributed by atoms with Crippen LogP contribution in [0.4, 0.5) is 0 Å². The molecule has 0 aliphatic carbocycles. The lowest BCUT2D eigenvalue weighted by Gasteiger charge is -2.12. The Morgan fingerprint density at radius 2 is 0.947 bits per heavy atom. The van der Waals surface area contributed by atoms with Gasteiger partial charge in [-0.3, -0.25) is 9.59 Å². The molecule has 1 aliphatic rings. The van der Waals surface area contributed by atoms with E-state index in [4.69, 9.17) is 84.1 Å². The maximum Gasteiger partial charge on any atom is 0.326 e. The third kappa shape index (κ3) is 7.44. The average molecular weight is 874 g/mol. The maximum absolute atomic E-state index is 12.0. The van der Waals surface area contributed by atoms with Gasteiger partial charge in [-0.1, -0.05) is 58.5 Å². The number of benzene rings is 3. The second-order valence-corrected chi connectivity index (χ2v) is 14.8. The van der Waals surface area contributed by atoms with Crippen LogP contribution in [0.5, 0.6) is 11.5 Å². The first-order valence-electron chi connectivity index (χ1n) is 16.9. The van der Waals surface area contributed by atoms with Crippen LogP contribution < -0.4 is 9.47 Å². The molecule has 282 valence electrons. The normalized spacial score (nSPS) is 11.5. The van der Waals surface area contributed by atoms with Gasteiger partial charge in [-0.05, 0) is 66.2 Å². The third-order valence-corrected chi connectivity index (χ3v) is 10.7. The van der Waals surface area contributed by atoms with Gasteiger partial charge in [0.2, 0.25) is 0 Å². The molecule has 9 nitrogen and oxygen atoms in total. The number of aromatic nitrogens is 4. The topological polar surface area (TPSA) is 137 Å². The van der Waals surface area contributed by atoms with E-state index >= 15 is 0 Å². The van der Waals surface area contributed by atoms with Crippen LogP contribution in [0, 0.1) is 11.3 Å². The lowest BCUT2D eigenvalue weighted by Crippen LogP contribution is -2.08. The molecule has 0 unspecified atom stereocenters. The zero-order valence-corrected chi connectivity index (χ0v) is 33.5. The van der Waals surface area contributed by atoms with E-state index in [0.29, 0.717) is 72.3 Å². The molecule has 0 fully saturated rings. The van der Waals surface area contributed by atoms with Crippen molar-refractivity contribution in [2.24, 2.45) is 0 Å². The number of alkyl halides is 2. The highest BCUT2D eigenvalue weighted by Gasteiger charge is 2.22. The van der Waals surface area contributed by atoms with Crippen LogP contribution in [0.25, 0.3) is 78.6 Å². The Hall–Kier alpha value is -5.44. The van der Waals surface area contributed by atoms with E-state index in [9.17, 15) is 14.9 Å². The number of carbonyl (C=O) groups excluding carboxylic acids is 2. The second kappa shape index (κ2) is 15.8. The molecular formula is C42H23Cl6N5O4. The molecule has 7 aromatic rings. The van der Waals surface area contributed by atoms with Crippen LogP contribution in [0.2, 0.25) is 20.1 Å². The fourth-order valence-electron chi connectivity index (χ4n) is 6.71. The first-order chi connectivity index (χ1) is 27.5. The Bertz CT molecular complexity index is 2950. The summed E-state index contributed by atoms with van der Waals surface area (Å²) in [6.45, 7) is 0. The largest absolute Gasteiger partial charge is 0.426 e. The summed E-state index contributed by atoms with van der Waals surface area (Å²) in [5.41, 5.74) is 9.30. The molecule has 0 amide bonds. The first kappa shape index (κ1) is 38.4. The Morgan fingerprint density at radius 1 is 0.544 bits per heavy atom. The summed E-state index contributed by atoms with van der Waals surface area (Å²) in [5, 5.41) is 10.4. The van der Waals surface area contributed by atoms with Gasteiger partial charge >= 0.3 is 11.9 Å².